The molecule has 0 amide bonds. The maximum absolute atomic E-state index is 11.7. The summed E-state index contributed by atoms with van der Waals surface area (Å²) in [5, 5.41) is 14.1. The summed E-state index contributed by atoms with van der Waals surface area (Å²) in [4.78, 5) is 23.3. The molecular weight excluding hydrogens is 334 g/mol. The van der Waals surface area contributed by atoms with Gasteiger partial charge in [-0.15, -0.1) is 0 Å². The first-order valence-electron chi connectivity index (χ1n) is 9.62. The monoisotopic (exact) mass is 367 g/mol. The van der Waals surface area contributed by atoms with Gasteiger partial charge in [0.15, 0.2) is 0 Å². The highest BCUT2D eigenvalue weighted by Crippen LogP contribution is 2.46. The van der Waals surface area contributed by atoms with Crippen LogP contribution in [0.1, 0.15) is 58.3 Å². The molecule has 1 spiro atoms. The molecule has 2 rings (SSSR count). The van der Waals surface area contributed by atoms with Gasteiger partial charge in [-0.05, 0) is 43.9 Å². The van der Waals surface area contributed by atoms with E-state index in [1.54, 1.807) is 0 Å². The predicted octanol–water partition coefficient (Wildman–Crippen LogP) is 2.35. The second kappa shape index (κ2) is 9.00. The fraction of sp³-hybridized carbons (Fsp3) is 0.800. The Bertz CT molecular complexity index is 534. The highest BCUT2D eigenvalue weighted by Gasteiger charge is 2.47. The maximum atomic E-state index is 11.7. The summed E-state index contributed by atoms with van der Waals surface area (Å²) in [5.41, 5.74) is 0.124. The molecule has 0 radical (unpaired) electrons. The zero-order valence-corrected chi connectivity index (χ0v) is 16.3. The minimum absolute atomic E-state index is 0.0165. The van der Waals surface area contributed by atoms with Gasteiger partial charge < -0.3 is 19.9 Å². The molecule has 2 N–H and O–H groups in total. The van der Waals surface area contributed by atoms with Crippen molar-refractivity contribution < 1.29 is 24.2 Å². The van der Waals surface area contributed by atoms with Crippen molar-refractivity contribution in [2.75, 3.05) is 14.2 Å². The molecule has 1 unspecified atom stereocenters. The zero-order chi connectivity index (χ0) is 19.3. The van der Waals surface area contributed by atoms with Crippen LogP contribution in [0.15, 0.2) is 12.2 Å². The number of aliphatic hydroxyl groups excluding tert-OH is 1. The minimum atomic E-state index is -0.901. The number of aliphatic hydroxyl groups is 1. The predicted molar refractivity (Wildman–Crippen MR) is 98.4 cm³/mol. The van der Waals surface area contributed by atoms with E-state index in [9.17, 15) is 14.7 Å². The Hall–Kier alpha value is -1.40. The summed E-state index contributed by atoms with van der Waals surface area (Å²) in [7, 11) is 2.73. The van der Waals surface area contributed by atoms with Crippen LogP contribution in [0.4, 0.5) is 0 Å². The van der Waals surface area contributed by atoms with E-state index in [1.165, 1.54) is 14.2 Å². The zero-order valence-electron chi connectivity index (χ0n) is 16.3. The van der Waals surface area contributed by atoms with Crippen molar-refractivity contribution >= 4 is 11.9 Å². The lowest BCUT2D eigenvalue weighted by Crippen LogP contribution is -2.57. The first-order chi connectivity index (χ1) is 12.3. The molecule has 6 nitrogen and oxygen atoms in total. The highest BCUT2D eigenvalue weighted by atomic mass is 16.5. The van der Waals surface area contributed by atoms with E-state index in [0.29, 0.717) is 18.8 Å². The van der Waals surface area contributed by atoms with Gasteiger partial charge in [-0.25, -0.2) is 4.79 Å². The van der Waals surface area contributed by atoms with Gasteiger partial charge in [0.25, 0.3) is 0 Å². The number of methoxy groups -OCH3 is 2. The van der Waals surface area contributed by atoms with Gasteiger partial charge in [-0.1, -0.05) is 26.3 Å². The average molecular weight is 367 g/mol. The highest BCUT2D eigenvalue weighted by molar-refractivity contribution is 5.88. The number of nitrogens with one attached hydrogen (secondary N) is 1. The molecule has 1 saturated carbocycles. The first kappa shape index (κ1) is 20.9. The van der Waals surface area contributed by atoms with Crippen LogP contribution in [-0.4, -0.2) is 48.9 Å². The lowest BCUT2D eigenvalue weighted by molar-refractivity contribution is -0.142. The molecule has 1 heterocycles. The molecule has 1 aliphatic carbocycles. The van der Waals surface area contributed by atoms with Crippen LogP contribution in [0.25, 0.3) is 0 Å². The van der Waals surface area contributed by atoms with Crippen molar-refractivity contribution in [1.82, 2.24) is 5.32 Å². The molecule has 148 valence electrons. The van der Waals surface area contributed by atoms with E-state index < -0.39 is 12.1 Å². The van der Waals surface area contributed by atoms with Crippen molar-refractivity contribution in [2.45, 2.75) is 76.0 Å². The van der Waals surface area contributed by atoms with Crippen LogP contribution in [0.2, 0.25) is 0 Å². The number of hydrogen-bond acceptors (Lipinski definition) is 6. The minimum Gasteiger partial charge on any atom is -0.469 e. The Kier molecular flexibility index (Phi) is 7.24. The molecule has 1 saturated heterocycles. The van der Waals surface area contributed by atoms with E-state index in [1.807, 2.05) is 0 Å². The normalized spacial score (nSPS) is 30.6. The third-order valence-corrected chi connectivity index (χ3v) is 6.28. The van der Waals surface area contributed by atoms with E-state index >= 15 is 0 Å². The van der Waals surface area contributed by atoms with Gasteiger partial charge >= 0.3 is 11.9 Å². The molecule has 1 aliphatic heterocycles. The molecular formula is C20H33NO5. The largest absolute Gasteiger partial charge is 0.469 e. The van der Waals surface area contributed by atoms with Crippen LogP contribution in [0.3, 0.4) is 0 Å². The SMILES string of the molecule is C=C(C(=O)OC)C(O)C[C@H]1CCC[C@]2(CCC[C@@H]2[C@@H](C)CC(=O)OC)N1. The average Bonchev–Trinajstić information content (AvgIpc) is 3.02. The Morgan fingerprint density at radius 2 is 1.88 bits per heavy atom. The molecule has 0 bridgehead atoms. The van der Waals surface area contributed by atoms with E-state index in [4.69, 9.17) is 4.74 Å². The smallest absolute Gasteiger partial charge is 0.335 e. The van der Waals surface area contributed by atoms with Gasteiger partial charge in [0.05, 0.1) is 25.9 Å². The fourth-order valence-electron chi connectivity index (χ4n) is 4.98. The number of piperidine rings is 1. The number of carbonyl (C=O) groups excluding carboxylic acids is 2. The molecule has 0 aromatic carbocycles. The Morgan fingerprint density at radius 3 is 2.50 bits per heavy atom. The quantitative estimate of drug-likeness (QED) is 0.531. The Balaban J connectivity index is 2.02. The van der Waals surface area contributed by atoms with Gasteiger partial charge in [0.1, 0.15) is 0 Å². The number of hydrogen-bond donors (Lipinski definition) is 2. The van der Waals surface area contributed by atoms with Crippen LogP contribution in [0, 0.1) is 11.8 Å². The van der Waals surface area contributed by atoms with E-state index in [2.05, 4.69) is 23.6 Å². The second-order valence-corrected chi connectivity index (χ2v) is 7.91. The van der Waals surface area contributed by atoms with Crippen LogP contribution in [0.5, 0.6) is 0 Å². The summed E-state index contributed by atoms with van der Waals surface area (Å²) in [6.07, 6.45) is 6.47. The third kappa shape index (κ3) is 4.65. The summed E-state index contributed by atoms with van der Waals surface area (Å²) >= 11 is 0. The summed E-state index contributed by atoms with van der Waals surface area (Å²) in [6, 6.07) is 0.131. The topological polar surface area (TPSA) is 84.9 Å². The number of ether oxygens (including phenoxy) is 2. The maximum Gasteiger partial charge on any atom is 0.335 e. The number of esters is 2. The number of carbonyl (C=O) groups is 2. The molecule has 2 fully saturated rings. The standard InChI is InChI=1S/C20H33NO5/c1-13(11-18(23)25-3)16-8-6-10-20(16)9-5-7-15(21-20)12-17(22)14(2)19(24)26-4/h13,15-17,21-22H,2,5-12H2,1,3-4H3/t13-,15+,16+,17?,20+/m0/s1. The molecule has 6 heteroatoms. The van der Waals surface area contributed by atoms with Crippen LogP contribution in [-0.2, 0) is 19.1 Å². The van der Waals surface area contributed by atoms with Gasteiger partial charge in [-0.2, -0.15) is 0 Å². The van der Waals surface area contributed by atoms with Gasteiger partial charge in [0.2, 0.25) is 0 Å². The first-order valence-corrected chi connectivity index (χ1v) is 9.62. The Labute approximate surface area is 156 Å². The van der Waals surface area contributed by atoms with Crippen molar-refractivity contribution in [3.63, 3.8) is 0 Å². The van der Waals surface area contributed by atoms with E-state index in [-0.39, 0.29) is 29.0 Å². The lowest BCUT2D eigenvalue weighted by Gasteiger charge is -2.46. The van der Waals surface area contributed by atoms with Crippen LogP contribution >= 0.6 is 0 Å². The van der Waals surface area contributed by atoms with Crippen molar-refractivity contribution in [2.24, 2.45) is 11.8 Å². The number of rotatable bonds is 7. The second-order valence-electron chi connectivity index (χ2n) is 7.91. The summed E-state index contributed by atoms with van der Waals surface area (Å²) in [5.74, 6) is -0.0401. The third-order valence-electron chi connectivity index (χ3n) is 6.28. The van der Waals surface area contributed by atoms with E-state index in [0.717, 1.165) is 38.5 Å². The van der Waals surface area contributed by atoms with Crippen molar-refractivity contribution in [3.8, 4) is 0 Å². The van der Waals surface area contributed by atoms with Gasteiger partial charge in [-0.3, -0.25) is 4.79 Å². The lowest BCUT2D eigenvalue weighted by atomic mass is 9.71. The van der Waals surface area contributed by atoms with Crippen molar-refractivity contribution in [1.29, 1.82) is 0 Å². The molecule has 5 atom stereocenters. The van der Waals surface area contributed by atoms with Crippen molar-refractivity contribution in [3.05, 3.63) is 12.2 Å². The Morgan fingerprint density at radius 1 is 1.23 bits per heavy atom. The van der Waals surface area contributed by atoms with Gasteiger partial charge in [0, 0.05) is 18.0 Å². The fourth-order valence-corrected chi connectivity index (χ4v) is 4.98. The molecule has 0 aromatic rings. The molecule has 26 heavy (non-hydrogen) atoms. The summed E-state index contributed by atoms with van der Waals surface area (Å²) in [6.45, 7) is 5.79. The molecule has 0 aromatic heterocycles. The summed E-state index contributed by atoms with van der Waals surface area (Å²) < 4.78 is 9.49. The molecule has 2 aliphatic rings. The van der Waals surface area contributed by atoms with Crippen LogP contribution < -0.4 is 5.32 Å².